The van der Waals surface area contributed by atoms with Crippen LogP contribution in [-0.4, -0.2) is 41.8 Å². The highest BCUT2D eigenvalue weighted by atomic mass is 16.8. The summed E-state index contributed by atoms with van der Waals surface area (Å²) in [5.74, 6) is -2.31. The van der Waals surface area contributed by atoms with Crippen molar-refractivity contribution < 1.29 is 24.1 Å². The first-order valence-corrected chi connectivity index (χ1v) is 6.11. The lowest BCUT2D eigenvalue weighted by molar-refractivity contribution is -0.317. The number of hydrogen-bond donors (Lipinski definition) is 1. The van der Waals surface area contributed by atoms with E-state index < -0.39 is 17.4 Å². The summed E-state index contributed by atoms with van der Waals surface area (Å²) < 4.78 is 22.4. The van der Waals surface area contributed by atoms with Gasteiger partial charge in [-0.3, -0.25) is 0 Å². The van der Waals surface area contributed by atoms with Gasteiger partial charge in [-0.2, -0.15) is 0 Å². The molecular formula is C12H22O5. The van der Waals surface area contributed by atoms with E-state index in [9.17, 15) is 5.11 Å². The monoisotopic (exact) mass is 246 g/mol. The normalized spacial score (nSPS) is 36.2. The van der Waals surface area contributed by atoms with Gasteiger partial charge in [0.1, 0.15) is 6.10 Å². The Morgan fingerprint density at radius 2 is 2.06 bits per heavy atom. The first kappa shape index (κ1) is 13.2. The lowest BCUT2D eigenvalue weighted by Gasteiger charge is -2.40. The van der Waals surface area contributed by atoms with Crippen LogP contribution < -0.4 is 0 Å². The fraction of sp³-hybridized carbons (Fsp3) is 1.00. The SMILES string of the molecule is CC(C)(O)OCCC1OC(C)(C)OC12CCO2. The fourth-order valence-corrected chi connectivity index (χ4v) is 2.27. The molecule has 0 saturated carbocycles. The molecule has 2 atom stereocenters. The number of aliphatic hydroxyl groups is 1. The Morgan fingerprint density at radius 1 is 1.41 bits per heavy atom. The number of hydrogen-bond acceptors (Lipinski definition) is 5. The van der Waals surface area contributed by atoms with Crippen molar-refractivity contribution in [3.8, 4) is 0 Å². The third kappa shape index (κ3) is 2.98. The highest BCUT2D eigenvalue weighted by Crippen LogP contribution is 2.45. The van der Waals surface area contributed by atoms with Gasteiger partial charge in [0.25, 0.3) is 0 Å². The molecule has 2 aliphatic heterocycles. The second-order valence-corrected chi connectivity index (χ2v) is 5.60. The third-order valence-corrected chi connectivity index (χ3v) is 2.97. The molecule has 2 fully saturated rings. The molecule has 5 nitrogen and oxygen atoms in total. The molecule has 0 amide bonds. The summed E-state index contributed by atoms with van der Waals surface area (Å²) >= 11 is 0. The van der Waals surface area contributed by atoms with Crippen molar-refractivity contribution in [2.75, 3.05) is 13.2 Å². The minimum atomic E-state index is -1.11. The van der Waals surface area contributed by atoms with Crippen LogP contribution >= 0.6 is 0 Å². The van der Waals surface area contributed by atoms with Crippen molar-refractivity contribution in [3.63, 3.8) is 0 Å². The predicted octanol–water partition coefficient (Wildman–Crippen LogP) is 1.39. The minimum absolute atomic E-state index is 0.131. The standard InChI is InChI=1S/C12H22O5/c1-10(2,13)14-7-5-9-12(6-8-15-12)17-11(3,4)16-9/h9,13H,5-8H2,1-4H3. The van der Waals surface area contributed by atoms with E-state index >= 15 is 0 Å². The Hall–Kier alpha value is -0.200. The summed E-state index contributed by atoms with van der Waals surface area (Å²) in [6, 6.07) is 0. The molecule has 1 N–H and O–H groups in total. The van der Waals surface area contributed by atoms with E-state index in [1.54, 1.807) is 13.8 Å². The Kier molecular flexibility index (Phi) is 3.25. The van der Waals surface area contributed by atoms with Gasteiger partial charge in [-0.25, -0.2) is 0 Å². The average molecular weight is 246 g/mol. The zero-order valence-electron chi connectivity index (χ0n) is 11.0. The quantitative estimate of drug-likeness (QED) is 0.760. The van der Waals surface area contributed by atoms with Gasteiger partial charge < -0.3 is 24.1 Å². The summed E-state index contributed by atoms with van der Waals surface area (Å²) in [5.41, 5.74) is 0. The number of ether oxygens (including phenoxy) is 4. The molecule has 17 heavy (non-hydrogen) atoms. The van der Waals surface area contributed by atoms with Gasteiger partial charge in [0.15, 0.2) is 17.4 Å². The van der Waals surface area contributed by atoms with Crippen molar-refractivity contribution in [3.05, 3.63) is 0 Å². The van der Waals surface area contributed by atoms with Gasteiger partial charge in [-0.1, -0.05) is 0 Å². The van der Waals surface area contributed by atoms with Gasteiger partial charge in [-0.05, 0) is 27.7 Å². The third-order valence-electron chi connectivity index (χ3n) is 2.97. The Balaban J connectivity index is 1.87. The highest BCUT2D eigenvalue weighted by molar-refractivity contribution is 4.93. The van der Waals surface area contributed by atoms with E-state index in [2.05, 4.69) is 0 Å². The van der Waals surface area contributed by atoms with Crippen LogP contribution in [0.4, 0.5) is 0 Å². The van der Waals surface area contributed by atoms with Crippen LogP contribution in [0, 0.1) is 0 Å². The van der Waals surface area contributed by atoms with Gasteiger partial charge in [0, 0.05) is 12.8 Å². The van der Waals surface area contributed by atoms with Crippen molar-refractivity contribution >= 4 is 0 Å². The second kappa shape index (κ2) is 4.17. The van der Waals surface area contributed by atoms with Crippen LogP contribution in [0.5, 0.6) is 0 Å². The summed E-state index contributed by atoms with van der Waals surface area (Å²) in [7, 11) is 0. The van der Waals surface area contributed by atoms with Crippen LogP contribution in [0.1, 0.15) is 40.5 Å². The second-order valence-electron chi connectivity index (χ2n) is 5.60. The Morgan fingerprint density at radius 3 is 2.53 bits per heavy atom. The van der Waals surface area contributed by atoms with Crippen LogP contribution in [0.2, 0.25) is 0 Å². The first-order valence-electron chi connectivity index (χ1n) is 6.11. The lowest BCUT2D eigenvalue weighted by atomic mass is 10.00. The maximum atomic E-state index is 9.47. The molecule has 1 spiro atoms. The van der Waals surface area contributed by atoms with Crippen LogP contribution in [-0.2, 0) is 18.9 Å². The molecule has 2 heterocycles. The maximum absolute atomic E-state index is 9.47. The van der Waals surface area contributed by atoms with E-state index in [0.29, 0.717) is 19.6 Å². The smallest absolute Gasteiger partial charge is 0.200 e. The fourth-order valence-electron chi connectivity index (χ4n) is 2.27. The molecule has 2 saturated heterocycles. The summed E-state index contributed by atoms with van der Waals surface area (Å²) in [5, 5.41) is 9.47. The predicted molar refractivity (Wildman–Crippen MR) is 60.2 cm³/mol. The largest absolute Gasteiger partial charge is 0.366 e. The molecular weight excluding hydrogens is 224 g/mol. The van der Waals surface area contributed by atoms with E-state index in [4.69, 9.17) is 18.9 Å². The van der Waals surface area contributed by atoms with Crippen molar-refractivity contribution in [1.82, 2.24) is 0 Å². The zero-order chi connectivity index (χ0) is 12.7. The summed E-state index contributed by atoms with van der Waals surface area (Å²) in [4.78, 5) is 0. The van der Waals surface area contributed by atoms with Crippen LogP contribution in [0.25, 0.3) is 0 Å². The summed E-state index contributed by atoms with van der Waals surface area (Å²) in [6.07, 6.45) is 1.37. The van der Waals surface area contributed by atoms with Crippen LogP contribution in [0.3, 0.4) is 0 Å². The molecule has 0 aromatic rings. The summed E-state index contributed by atoms with van der Waals surface area (Å²) in [6.45, 7) is 8.11. The van der Waals surface area contributed by atoms with E-state index in [1.807, 2.05) is 13.8 Å². The van der Waals surface area contributed by atoms with Crippen molar-refractivity contribution in [1.29, 1.82) is 0 Å². The molecule has 2 rings (SSSR count). The molecule has 100 valence electrons. The maximum Gasteiger partial charge on any atom is 0.200 e. The molecule has 0 aromatic heterocycles. The molecule has 2 aliphatic rings. The highest BCUT2D eigenvalue weighted by Gasteiger charge is 2.57. The molecule has 0 aliphatic carbocycles. The zero-order valence-corrected chi connectivity index (χ0v) is 11.0. The molecule has 0 aromatic carbocycles. The van der Waals surface area contributed by atoms with Crippen molar-refractivity contribution in [2.24, 2.45) is 0 Å². The van der Waals surface area contributed by atoms with E-state index in [-0.39, 0.29) is 6.10 Å². The van der Waals surface area contributed by atoms with E-state index in [1.165, 1.54) is 0 Å². The molecule has 0 radical (unpaired) electrons. The Labute approximate surface area is 102 Å². The molecule has 2 unspecified atom stereocenters. The average Bonchev–Trinajstić information content (AvgIpc) is 2.34. The lowest BCUT2D eigenvalue weighted by Crippen LogP contribution is -2.52. The van der Waals surface area contributed by atoms with E-state index in [0.717, 1.165) is 6.42 Å². The Bertz CT molecular complexity index is 277. The van der Waals surface area contributed by atoms with Crippen molar-refractivity contribution in [2.45, 2.75) is 64.0 Å². The van der Waals surface area contributed by atoms with Crippen LogP contribution in [0.15, 0.2) is 0 Å². The molecule has 0 bridgehead atoms. The number of rotatable bonds is 4. The van der Waals surface area contributed by atoms with Gasteiger partial charge in [0.2, 0.25) is 0 Å². The molecule has 5 heteroatoms. The van der Waals surface area contributed by atoms with Gasteiger partial charge in [0.05, 0.1) is 13.2 Å². The first-order chi connectivity index (χ1) is 7.73. The minimum Gasteiger partial charge on any atom is -0.366 e. The topological polar surface area (TPSA) is 57.2 Å². The van der Waals surface area contributed by atoms with Gasteiger partial charge >= 0.3 is 0 Å². The van der Waals surface area contributed by atoms with Gasteiger partial charge in [-0.15, -0.1) is 0 Å².